The van der Waals surface area contributed by atoms with E-state index in [-0.39, 0.29) is 11.8 Å². The molecule has 1 aliphatic heterocycles. The molecule has 0 aliphatic carbocycles. The Morgan fingerprint density at radius 1 is 1.30 bits per heavy atom. The highest BCUT2D eigenvalue weighted by atomic mass is 35.5. The fraction of sp³-hybridized carbons (Fsp3) is 0.357. The number of piperidine rings is 1. The lowest BCUT2D eigenvalue weighted by Gasteiger charge is -2.31. The Morgan fingerprint density at radius 2 is 2.05 bits per heavy atom. The summed E-state index contributed by atoms with van der Waals surface area (Å²) in [5.41, 5.74) is 6.23. The van der Waals surface area contributed by atoms with E-state index >= 15 is 0 Å². The number of amides is 1. The maximum atomic E-state index is 11.2. The molecular formula is C14H15ClN4O. The maximum absolute atomic E-state index is 11.2. The first kappa shape index (κ1) is 13.1. The largest absolute Gasteiger partial charge is 0.369 e. The van der Waals surface area contributed by atoms with Crippen LogP contribution >= 0.6 is 11.6 Å². The van der Waals surface area contributed by atoms with Crippen molar-refractivity contribution in [2.24, 2.45) is 11.7 Å². The normalized spacial score (nSPS) is 16.6. The summed E-state index contributed by atoms with van der Waals surface area (Å²) in [6, 6.07) is 5.59. The van der Waals surface area contributed by atoms with Crippen LogP contribution in [0.5, 0.6) is 0 Å². The van der Waals surface area contributed by atoms with Gasteiger partial charge in [0.15, 0.2) is 0 Å². The van der Waals surface area contributed by atoms with Gasteiger partial charge in [-0.05, 0) is 31.0 Å². The molecule has 20 heavy (non-hydrogen) atoms. The van der Waals surface area contributed by atoms with E-state index in [1.54, 1.807) is 6.33 Å². The maximum Gasteiger partial charge on any atom is 0.220 e. The molecule has 3 rings (SSSR count). The molecule has 1 aliphatic rings. The van der Waals surface area contributed by atoms with Crippen molar-refractivity contribution in [3.05, 3.63) is 29.5 Å². The van der Waals surface area contributed by atoms with Crippen LogP contribution in [0.2, 0.25) is 5.02 Å². The topological polar surface area (TPSA) is 72.1 Å². The molecule has 0 unspecified atom stereocenters. The van der Waals surface area contributed by atoms with Crippen LogP contribution in [0.3, 0.4) is 0 Å². The Bertz CT molecular complexity index is 653. The lowest BCUT2D eigenvalue weighted by molar-refractivity contribution is -0.122. The van der Waals surface area contributed by atoms with E-state index in [0.717, 1.165) is 42.7 Å². The SMILES string of the molecule is NC(=O)C1CCN(c2ncnc3ccc(Cl)cc23)CC1. The highest BCUT2D eigenvalue weighted by Gasteiger charge is 2.24. The molecule has 2 N–H and O–H groups in total. The Balaban J connectivity index is 1.91. The van der Waals surface area contributed by atoms with Crippen molar-refractivity contribution >= 4 is 34.2 Å². The van der Waals surface area contributed by atoms with Crippen LogP contribution in [0.4, 0.5) is 5.82 Å². The van der Waals surface area contributed by atoms with E-state index in [0.29, 0.717) is 5.02 Å². The fourth-order valence-corrected chi connectivity index (χ4v) is 2.82. The van der Waals surface area contributed by atoms with Gasteiger partial charge in [-0.1, -0.05) is 11.6 Å². The first-order chi connectivity index (χ1) is 9.65. The summed E-state index contributed by atoms with van der Waals surface area (Å²) in [5.74, 6) is 0.642. The van der Waals surface area contributed by atoms with Crippen molar-refractivity contribution < 1.29 is 4.79 Å². The van der Waals surface area contributed by atoms with Crippen molar-refractivity contribution in [2.45, 2.75) is 12.8 Å². The predicted octanol–water partition coefficient (Wildman–Crippen LogP) is 1.98. The average molecular weight is 291 g/mol. The summed E-state index contributed by atoms with van der Waals surface area (Å²) in [7, 11) is 0. The molecule has 104 valence electrons. The van der Waals surface area contributed by atoms with E-state index in [1.807, 2.05) is 18.2 Å². The number of benzene rings is 1. The van der Waals surface area contributed by atoms with E-state index in [4.69, 9.17) is 17.3 Å². The third-order valence-corrected chi connectivity index (χ3v) is 4.01. The van der Waals surface area contributed by atoms with Crippen LogP contribution in [-0.4, -0.2) is 29.0 Å². The minimum atomic E-state index is -0.208. The zero-order chi connectivity index (χ0) is 14.1. The predicted molar refractivity (Wildman–Crippen MR) is 78.7 cm³/mol. The molecule has 0 saturated carbocycles. The third-order valence-electron chi connectivity index (χ3n) is 3.77. The highest BCUT2D eigenvalue weighted by Crippen LogP contribution is 2.28. The molecule has 1 saturated heterocycles. The number of primary amides is 1. The smallest absolute Gasteiger partial charge is 0.220 e. The molecule has 5 nitrogen and oxygen atoms in total. The number of hydrogen-bond acceptors (Lipinski definition) is 4. The lowest BCUT2D eigenvalue weighted by Crippen LogP contribution is -2.39. The van der Waals surface area contributed by atoms with Gasteiger partial charge in [0.05, 0.1) is 5.52 Å². The molecular weight excluding hydrogens is 276 g/mol. The first-order valence-corrected chi connectivity index (χ1v) is 6.97. The van der Waals surface area contributed by atoms with Gasteiger partial charge in [-0.2, -0.15) is 0 Å². The van der Waals surface area contributed by atoms with Crippen LogP contribution in [0.15, 0.2) is 24.5 Å². The number of hydrogen-bond donors (Lipinski definition) is 1. The number of carbonyl (C=O) groups excluding carboxylic acids is 1. The molecule has 6 heteroatoms. The summed E-state index contributed by atoms with van der Waals surface area (Å²) >= 11 is 6.06. The van der Waals surface area contributed by atoms with Crippen molar-refractivity contribution in [1.82, 2.24) is 9.97 Å². The second kappa shape index (κ2) is 5.25. The molecule has 0 radical (unpaired) electrons. The van der Waals surface area contributed by atoms with Crippen LogP contribution < -0.4 is 10.6 Å². The highest BCUT2D eigenvalue weighted by molar-refractivity contribution is 6.31. The Kier molecular flexibility index (Phi) is 3.44. The quantitative estimate of drug-likeness (QED) is 0.918. The number of carbonyl (C=O) groups is 1. The van der Waals surface area contributed by atoms with Gasteiger partial charge in [-0.15, -0.1) is 0 Å². The van der Waals surface area contributed by atoms with Crippen molar-refractivity contribution in [1.29, 1.82) is 0 Å². The molecule has 1 aromatic carbocycles. The van der Waals surface area contributed by atoms with Crippen LogP contribution in [0.25, 0.3) is 10.9 Å². The minimum Gasteiger partial charge on any atom is -0.369 e. The van der Waals surface area contributed by atoms with E-state index in [2.05, 4.69) is 14.9 Å². The zero-order valence-electron chi connectivity index (χ0n) is 10.9. The van der Waals surface area contributed by atoms with Crippen molar-refractivity contribution in [3.63, 3.8) is 0 Å². The summed E-state index contributed by atoms with van der Waals surface area (Å²) in [6.45, 7) is 1.54. The van der Waals surface area contributed by atoms with Gasteiger partial charge in [0.25, 0.3) is 0 Å². The van der Waals surface area contributed by atoms with Gasteiger partial charge in [0.2, 0.25) is 5.91 Å². The molecule has 1 fully saturated rings. The van der Waals surface area contributed by atoms with Crippen molar-refractivity contribution in [3.8, 4) is 0 Å². The molecule has 2 heterocycles. The van der Waals surface area contributed by atoms with E-state index in [1.165, 1.54) is 0 Å². The van der Waals surface area contributed by atoms with Gasteiger partial charge in [-0.3, -0.25) is 4.79 Å². The number of anilines is 1. The Labute approximate surface area is 121 Å². The van der Waals surface area contributed by atoms with Crippen LogP contribution in [0, 0.1) is 5.92 Å². The Morgan fingerprint density at radius 3 is 2.75 bits per heavy atom. The summed E-state index contributed by atoms with van der Waals surface area (Å²) in [6.07, 6.45) is 3.09. The molecule has 0 bridgehead atoms. The molecule has 1 aromatic heterocycles. The summed E-state index contributed by atoms with van der Waals surface area (Å²) in [5, 5.41) is 1.61. The monoisotopic (exact) mass is 290 g/mol. The summed E-state index contributed by atoms with van der Waals surface area (Å²) < 4.78 is 0. The van der Waals surface area contributed by atoms with Gasteiger partial charge in [0.1, 0.15) is 12.1 Å². The molecule has 0 atom stereocenters. The number of nitrogens with zero attached hydrogens (tertiary/aromatic N) is 3. The molecule has 1 amide bonds. The standard InChI is InChI=1S/C14H15ClN4O/c15-10-1-2-12-11(7-10)14(18-8-17-12)19-5-3-9(4-6-19)13(16)20/h1-2,7-9H,3-6H2,(H2,16,20). The van der Waals surface area contributed by atoms with Gasteiger partial charge in [0, 0.05) is 29.4 Å². The Hall–Kier alpha value is -1.88. The number of nitrogens with two attached hydrogens (primary N) is 1. The number of rotatable bonds is 2. The lowest BCUT2D eigenvalue weighted by atomic mass is 9.96. The van der Waals surface area contributed by atoms with Crippen LogP contribution in [-0.2, 0) is 4.79 Å². The van der Waals surface area contributed by atoms with Gasteiger partial charge < -0.3 is 10.6 Å². The minimum absolute atomic E-state index is 0.0251. The molecule has 0 spiro atoms. The average Bonchev–Trinajstić information content (AvgIpc) is 2.46. The first-order valence-electron chi connectivity index (χ1n) is 6.59. The fourth-order valence-electron chi connectivity index (χ4n) is 2.64. The number of aromatic nitrogens is 2. The van der Waals surface area contributed by atoms with E-state index in [9.17, 15) is 4.79 Å². The third kappa shape index (κ3) is 2.41. The van der Waals surface area contributed by atoms with Crippen molar-refractivity contribution in [2.75, 3.05) is 18.0 Å². The number of fused-ring (bicyclic) bond motifs is 1. The van der Waals surface area contributed by atoms with Gasteiger partial charge >= 0.3 is 0 Å². The second-order valence-electron chi connectivity index (χ2n) is 5.02. The van der Waals surface area contributed by atoms with E-state index < -0.39 is 0 Å². The van der Waals surface area contributed by atoms with Gasteiger partial charge in [-0.25, -0.2) is 9.97 Å². The number of halogens is 1. The zero-order valence-corrected chi connectivity index (χ0v) is 11.7. The summed E-state index contributed by atoms with van der Waals surface area (Å²) in [4.78, 5) is 22.0. The van der Waals surface area contributed by atoms with Crippen LogP contribution in [0.1, 0.15) is 12.8 Å². The second-order valence-corrected chi connectivity index (χ2v) is 5.46. The molecule has 2 aromatic rings.